The van der Waals surface area contributed by atoms with Crippen LogP contribution >= 0.6 is 0 Å². The summed E-state index contributed by atoms with van der Waals surface area (Å²) in [6, 6.07) is 16.8. The number of halogens is 12. The Balaban J connectivity index is 1.49. The number of hydrogen-bond donors (Lipinski definition) is 4. The van der Waals surface area contributed by atoms with Crippen LogP contribution in [0.2, 0.25) is 0 Å². The second-order valence-corrected chi connectivity index (χ2v) is 13.5. The lowest BCUT2D eigenvalue weighted by molar-refractivity contribution is 0.445. The number of aromatic amines is 4. The normalized spacial score (nSPS) is 12.9. The largest absolute Gasteiger partial charge is 0.354 e. The number of benzene rings is 4. The Morgan fingerprint density at radius 2 is 0.433 bits per heavy atom. The Morgan fingerprint density at radius 3 is 0.650 bits per heavy atom. The molecule has 0 saturated heterocycles. The maximum atomic E-state index is 15.8. The first kappa shape index (κ1) is 38.2. The molecular weight excluding hydrogens is 812 g/mol. The fourth-order valence-corrected chi connectivity index (χ4v) is 7.36. The molecule has 5 heterocycles. The number of H-pyrrole nitrogens is 4. The lowest BCUT2D eigenvalue weighted by Gasteiger charge is -2.12. The molecule has 0 unspecified atom stereocenters. The van der Waals surface area contributed by atoms with E-state index in [9.17, 15) is 35.1 Å². The first-order valence-corrected chi connectivity index (χ1v) is 17.6. The van der Waals surface area contributed by atoms with E-state index in [1.165, 1.54) is 48.5 Å². The van der Waals surface area contributed by atoms with E-state index in [2.05, 4.69) is 19.9 Å². The van der Waals surface area contributed by atoms with E-state index in [4.69, 9.17) is 0 Å². The van der Waals surface area contributed by atoms with Crippen molar-refractivity contribution in [2.45, 2.75) is 0 Å². The molecule has 8 bridgehead atoms. The van der Waals surface area contributed by atoms with Gasteiger partial charge in [0.25, 0.3) is 0 Å². The molecule has 0 spiro atoms. The Bertz CT molecular complexity index is 2930. The first-order valence-electron chi connectivity index (χ1n) is 17.6. The molecule has 60 heavy (non-hydrogen) atoms. The van der Waals surface area contributed by atoms with Crippen LogP contribution in [0.3, 0.4) is 0 Å². The van der Waals surface area contributed by atoms with Gasteiger partial charge in [0.15, 0.2) is 69.8 Å². The van der Waals surface area contributed by atoms with E-state index >= 15 is 17.6 Å². The summed E-state index contributed by atoms with van der Waals surface area (Å²) in [6.07, 6.45) is 0. The second kappa shape index (κ2) is 14.2. The number of rotatable bonds is 4. The van der Waals surface area contributed by atoms with Gasteiger partial charge in [-0.05, 0) is 97.1 Å². The average molecular weight is 833 g/mol. The smallest absolute Gasteiger partial charge is 0.195 e. The highest BCUT2D eigenvalue weighted by atomic mass is 19.2. The monoisotopic (exact) mass is 832 g/mol. The Kier molecular flexibility index (Phi) is 9.02. The van der Waals surface area contributed by atoms with Crippen molar-refractivity contribution in [1.29, 1.82) is 0 Å². The van der Waals surface area contributed by atoms with Crippen LogP contribution < -0.4 is 21.4 Å². The second-order valence-electron chi connectivity index (χ2n) is 13.5. The van der Waals surface area contributed by atoms with Crippen LogP contribution in [0.25, 0.3) is 22.3 Å². The van der Waals surface area contributed by atoms with E-state index in [1.807, 2.05) is 0 Å². The predicted octanol–water partition coefficient (Wildman–Crippen LogP) is 7.97. The zero-order valence-corrected chi connectivity index (χ0v) is 29.8. The molecule has 1 aliphatic heterocycles. The summed E-state index contributed by atoms with van der Waals surface area (Å²) in [6.45, 7) is 0. The van der Waals surface area contributed by atoms with E-state index in [0.717, 1.165) is 24.3 Å². The number of hydrogen-bond acceptors (Lipinski definition) is 0. The van der Waals surface area contributed by atoms with Crippen LogP contribution in [0.5, 0.6) is 0 Å². The lowest BCUT2D eigenvalue weighted by atomic mass is 10.0. The maximum absolute atomic E-state index is 15.8. The van der Waals surface area contributed by atoms with Gasteiger partial charge in [0.1, 0.15) is 0 Å². The molecule has 300 valence electrons. The van der Waals surface area contributed by atoms with Gasteiger partial charge in [0.05, 0.1) is 0 Å². The SMILES string of the molecule is Fc1ccc(C2=c3ccc([nH]3)=C(c3ccc(F)c(F)c3F)c3ccc([nH]3)C(c3ccc(F)c(F)c3F)=c3ccc([nH]3)=C(c3ccc(F)c(F)c3F)c3ccc2[nH]3)c(F)c1F. The summed E-state index contributed by atoms with van der Waals surface area (Å²) in [5.41, 5.74) is -3.20. The minimum atomic E-state index is -1.85. The van der Waals surface area contributed by atoms with E-state index in [0.29, 0.717) is 24.3 Å². The fraction of sp³-hybridized carbons (Fsp3) is 0. The van der Waals surface area contributed by atoms with Crippen molar-refractivity contribution in [2.24, 2.45) is 0 Å². The summed E-state index contributed by atoms with van der Waals surface area (Å²) in [7, 11) is 0. The van der Waals surface area contributed by atoms with Crippen LogP contribution in [0.4, 0.5) is 52.7 Å². The molecule has 0 saturated carbocycles. The van der Waals surface area contributed by atoms with Crippen molar-refractivity contribution >= 4 is 22.3 Å². The van der Waals surface area contributed by atoms with Gasteiger partial charge in [-0.1, -0.05) is 0 Å². The minimum Gasteiger partial charge on any atom is -0.354 e. The van der Waals surface area contributed by atoms with Gasteiger partial charge in [-0.15, -0.1) is 0 Å². The van der Waals surface area contributed by atoms with Crippen molar-refractivity contribution in [3.8, 4) is 0 Å². The fourth-order valence-electron chi connectivity index (χ4n) is 7.36. The Hall–Kier alpha value is -7.36. The molecule has 1 aliphatic rings. The van der Waals surface area contributed by atoms with Crippen molar-refractivity contribution in [1.82, 2.24) is 19.9 Å². The van der Waals surface area contributed by atoms with Gasteiger partial charge < -0.3 is 19.9 Å². The molecule has 0 aliphatic carbocycles. The molecule has 0 amide bonds. The minimum absolute atomic E-state index is 0.0681. The molecule has 4 N–H and O–H groups in total. The number of nitrogens with one attached hydrogen (secondary N) is 4. The van der Waals surface area contributed by atoms with Crippen LogP contribution in [-0.2, 0) is 0 Å². The third kappa shape index (κ3) is 5.96. The lowest BCUT2D eigenvalue weighted by Crippen LogP contribution is -2.20. The topological polar surface area (TPSA) is 63.2 Å². The zero-order chi connectivity index (χ0) is 42.3. The Labute approximate surface area is 327 Å². The molecule has 0 atom stereocenters. The van der Waals surface area contributed by atoms with Crippen molar-refractivity contribution in [2.75, 3.05) is 0 Å². The summed E-state index contributed by atoms with van der Waals surface area (Å²) in [5, 5.41) is -0.272. The molecule has 4 aromatic carbocycles. The molecular formula is C44H20F12N4. The highest BCUT2D eigenvalue weighted by molar-refractivity contribution is 5.85. The van der Waals surface area contributed by atoms with Crippen LogP contribution in [-0.4, -0.2) is 19.9 Å². The van der Waals surface area contributed by atoms with E-state index in [-0.39, 0.29) is 66.5 Å². The third-order valence-electron chi connectivity index (χ3n) is 10.1. The molecule has 4 nitrogen and oxygen atoms in total. The third-order valence-corrected chi connectivity index (χ3v) is 10.1. The van der Waals surface area contributed by atoms with Crippen molar-refractivity contribution in [3.63, 3.8) is 0 Å². The molecule has 4 aromatic heterocycles. The summed E-state index contributed by atoms with van der Waals surface area (Å²) < 4.78 is 180. The van der Waals surface area contributed by atoms with Gasteiger partial charge >= 0.3 is 0 Å². The standard InChI is InChI=1S/C44H20F12N4/c45-21-5-1-17(37(49)41(21)53)33-25-9-11-27(57-25)34(18-2-6-22(46)42(54)38(18)50)29-13-15-31(59-29)36(20-4-8-24(48)44(56)40(20)52)32-16-14-30(60-32)35(28-12-10-26(33)58-28)19-3-7-23(47)43(55)39(19)51/h1-16,57-60H. The molecule has 9 rings (SSSR count). The van der Waals surface area contributed by atoms with Gasteiger partial charge in [-0.3, -0.25) is 0 Å². The summed E-state index contributed by atoms with van der Waals surface area (Å²) >= 11 is 0. The molecule has 0 fully saturated rings. The van der Waals surface area contributed by atoms with Gasteiger partial charge in [0.2, 0.25) is 0 Å². The Morgan fingerprint density at radius 1 is 0.217 bits per heavy atom. The maximum Gasteiger partial charge on any atom is 0.195 e. The summed E-state index contributed by atoms with van der Waals surface area (Å²) in [5.74, 6) is -20.1. The van der Waals surface area contributed by atoms with Crippen LogP contribution in [0.1, 0.15) is 45.0 Å². The van der Waals surface area contributed by atoms with Crippen LogP contribution in [0.15, 0.2) is 97.1 Å². The molecule has 16 heteroatoms. The molecule has 8 aromatic rings. The van der Waals surface area contributed by atoms with Crippen molar-refractivity contribution in [3.05, 3.63) is 233 Å². The van der Waals surface area contributed by atoms with E-state index < -0.39 is 92.1 Å². The van der Waals surface area contributed by atoms with E-state index in [1.54, 1.807) is 0 Å². The highest BCUT2D eigenvalue weighted by Crippen LogP contribution is 2.33. The van der Waals surface area contributed by atoms with Crippen LogP contribution in [0, 0.1) is 69.8 Å². The number of aromatic nitrogens is 4. The predicted molar refractivity (Wildman–Crippen MR) is 193 cm³/mol. The zero-order valence-electron chi connectivity index (χ0n) is 29.8. The highest BCUT2D eigenvalue weighted by Gasteiger charge is 2.26. The molecule has 0 radical (unpaired) electrons. The first-order chi connectivity index (χ1) is 28.7. The number of fused-ring (bicyclic) bond motifs is 8. The summed E-state index contributed by atoms with van der Waals surface area (Å²) in [4.78, 5) is 11.8. The van der Waals surface area contributed by atoms with Gasteiger partial charge in [0, 0.05) is 88.7 Å². The van der Waals surface area contributed by atoms with Gasteiger partial charge in [-0.25, -0.2) is 52.7 Å². The average Bonchev–Trinajstić information content (AvgIpc) is 4.08. The van der Waals surface area contributed by atoms with Crippen molar-refractivity contribution < 1.29 is 52.7 Å². The quantitative estimate of drug-likeness (QED) is 0.103. The van der Waals surface area contributed by atoms with Gasteiger partial charge in [-0.2, -0.15) is 0 Å².